The van der Waals surface area contributed by atoms with E-state index in [1.165, 1.54) is 22.3 Å². The average Bonchev–Trinajstić information content (AvgIpc) is 3.35. The maximum Gasteiger partial charge on any atom is 0.326 e. The standard InChI is InChI=1S/C37H40N2O3S/c1-4-5-21-39(35-30-16-10-8-14-28(30)29-15-9-11-17-31(29)35)24-26-18-19-32(33(23-26)27-13-7-6-12-25(27)2)36(40)38-34(37(41)42)20-22-43-3/h6-19,23,34-35H,4-5,20-22,24H2,1-3H3,(H,38,40)(H,41,42)/t34-/m0/s1. The zero-order valence-electron chi connectivity index (χ0n) is 25.2. The van der Waals surface area contributed by atoms with E-state index in [2.05, 4.69) is 71.7 Å². The molecule has 0 saturated carbocycles. The number of carboxylic acid groups (broad SMARTS) is 1. The van der Waals surface area contributed by atoms with Crippen LogP contribution in [0.1, 0.15) is 64.8 Å². The first-order valence-electron chi connectivity index (χ1n) is 15.1. The molecule has 0 radical (unpaired) electrons. The smallest absolute Gasteiger partial charge is 0.326 e. The highest BCUT2D eigenvalue weighted by molar-refractivity contribution is 7.98. The van der Waals surface area contributed by atoms with Gasteiger partial charge in [0.2, 0.25) is 0 Å². The quantitative estimate of drug-likeness (QED) is 0.165. The van der Waals surface area contributed by atoms with E-state index in [1.54, 1.807) is 11.8 Å². The molecule has 4 aromatic carbocycles. The Labute approximate surface area is 259 Å². The fourth-order valence-electron chi connectivity index (χ4n) is 6.13. The molecule has 6 heteroatoms. The second-order valence-corrected chi connectivity index (χ2v) is 12.2. The molecule has 1 aliphatic rings. The number of amides is 1. The van der Waals surface area contributed by atoms with Gasteiger partial charge in [-0.05, 0) is 95.0 Å². The van der Waals surface area contributed by atoms with E-state index in [-0.39, 0.29) is 11.9 Å². The van der Waals surface area contributed by atoms with E-state index in [0.717, 1.165) is 48.2 Å². The summed E-state index contributed by atoms with van der Waals surface area (Å²) >= 11 is 1.57. The number of carbonyl (C=O) groups excluding carboxylic acids is 1. The van der Waals surface area contributed by atoms with Gasteiger partial charge in [0.05, 0.1) is 6.04 Å². The highest BCUT2D eigenvalue weighted by Gasteiger charge is 2.32. The molecular weight excluding hydrogens is 552 g/mol. The molecule has 0 heterocycles. The van der Waals surface area contributed by atoms with Crippen molar-refractivity contribution in [3.63, 3.8) is 0 Å². The molecule has 0 aliphatic heterocycles. The molecule has 5 nitrogen and oxygen atoms in total. The van der Waals surface area contributed by atoms with E-state index >= 15 is 0 Å². The number of hydrogen-bond donors (Lipinski definition) is 2. The third-order valence-electron chi connectivity index (χ3n) is 8.33. The summed E-state index contributed by atoms with van der Waals surface area (Å²) in [6.45, 7) is 5.94. The third-order valence-corrected chi connectivity index (χ3v) is 8.97. The Hall–Kier alpha value is -3.87. The summed E-state index contributed by atoms with van der Waals surface area (Å²) in [7, 11) is 0. The lowest BCUT2D eigenvalue weighted by Gasteiger charge is -2.31. The van der Waals surface area contributed by atoms with E-state index in [9.17, 15) is 14.7 Å². The van der Waals surface area contributed by atoms with Crippen LogP contribution < -0.4 is 5.32 Å². The first-order valence-corrected chi connectivity index (χ1v) is 16.5. The van der Waals surface area contributed by atoms with Crippen LogP contribution in [0.15, 0.2) is 91.0 Å². The minimum absolute atomic E-state index is 0.150. The van der Waals surface area contributed by atoms with Gasteiger partial charge in [0, 0.05) is 12.1 Å². The van der Waals surface area contributed by atoms with Crippen LogP contribution >= 0.6 is 11.8 Å². The van der Waals surface area contributed by atoms with Gasteiger partial charge in [-0.25, -0.2) is 4.79 Å². The zero-order valence-corrected chi connectivity index (χ0v) is 26.0. The van der Waals surface area contributed by atoms with E-state index < -0.39 is 12.0 Å². The van der Waals surface area contributed by atoms with Crippen molar-refractivity contribution >= 4 is 23.6 Å². The van der Waals surface area contributed by atoms with Crippen molar-refractivity contribution in [2.24, 2.45) is 0 Å². The molecule has 43 heavy (non-hydrogen) atoms. The summed E-state index contributed by atoms with van der Waals surface area (Å²) in [5.41, 5.74) is 9.73. The number of hydrogen-bond acceptors (Lipinski definition) is 4. The largest absolute Gasteiger partial charge is 0.480 e. The lowest BCUT2D eigenvalue weighted by Crippen LogP contribution is -2.41. The second-order valence-electron chi connectivity index (χ2n) is 11.2. The number of aliphatic carboxylic acids is 1. The van der Waals surface area contributed by atoms with E-state index in [4.69, 9.17) is 0 Å². The fraction of sp³-hybridized carbons (Fsp3) is 0.297. The summed E-state index contributed by atoms with van der Waals surface area (Å²) in [6.07, 6.45) is 4.49. The highest BCUT2D eigenvalue weighted by Crippen LogP contribution is 2.46. The molecule has 0 bridgehead atoms. The van der Waals surface area contributed by atoms with Crippen LogP contribution in [0.25, 0.3) is 22.3 Å². The number of unbranched alkanes of at least 4 members (excludes halogenated alkanes) is 1. The number of rotatable bonds is 13. The van der Waals surface area contributed by atoms with E-state index in [0.29, 0.717) is 17.7 Å². The van der Waals surface area contributed by atoms with Gasteiger partial charge in [-0.1, -0.05) is 92.2 Å². The predicted molar refractivity (Wildman–Crippen MR) is 178 cm³/mol. The molecule has 0 aromatic heterocycles. The van der Waals surface area contributed by atoms with Crippen LogP contribution in [0.5, 0.6) is 0 Å². The molecule has 1 amide bonds. The maximum absolute atomic E-state index is 13.6. The Morgan fingerprint density at radius 3 is 2.12 bits per heavy atom. The molecule has 0 saturated heterocycles. The van der Waals surface area contributed by atoms with Gasteiger partial charge in [-0.15, -0.1) is 0 Å². The van der Waals surface area contributed by atoms with Gasteiger partial charge in [-0.3, -0.25) is 9.69 Å². The Balaban J connectivity index is 1.53. The predicted octanol–water partition coefficient (Wildman–Crippen LogP) is 7.97. The molecule has 222 valence electrons. The van der Waals surface area contributed by atoms with Crippen molar-refractivity contribution in [2.75, 3.05) is 18.6 Å². The summed E-state index contributed by atoms with van der Waals surface area (Å²) in [5, 5.41) is 12.5. The highest BCUT2D eigenvalue weighted by atomic mass is 32.2. The normalized spacial score (nSPS) is 13.0. The average molecular weight is 593 g/mol. The first kappa shape index (κ1) is 30.6. The number of carboxylic acids is 1. The molecule has 0 unspecified atom stereocenters. The first-order chi connectivity index (χ1) is 20.9. The van der Waals surface area contributed by atoms with Crippen molar-refractivity contribution in [3.8, 4) is 22.3 Å². The van der Waals surface area contributed by atoms with Crippen molar-refractivity contribution < 1.29 is 14.7 Å². The number of carbonyl (C=O) groups is 2. The topological polar surface area (TPSA) is 69.6 Å². The zero-order chi connectivity index (χ0) is 30.3. The number of fused-ring (bicyclic) bond motifs is 3. The van der Waals surface area contributed by atoms with Crippen molar-refractivity contribution in [3.05, 3.63) is 119 Å². The van der Waals surface area contributed by atoms with Gasteiger partial charge >= 0.3 is 5.97 Å². The maximum atomic E-state index is 13.6. The fourth-order valence-corrected chi connectivity index (χ4v) is 6.60. The number of aryl methyl sites for hydroxylation is 1. The molecular formula is C37H40N2O3S. The van der Waals surface area contributed by atoms with Crippen LogP contribution in [-0.4, -0.2) is 46.5 Å². The van der Waals surface area contributed by atoms with Crippen LogP contribution in [-0.2, 0) is 11.3 Å². The Morgan fingerprint density at radius 1 is 0.884 bits per heavy atom. The Bertz CT molecular complexity index is 1560. The van der Waals surface area contributed by atoms with Crippen molar-refractivity contribution in [1.82, 2.24) is 10.2 Å². The van der Waals surface area contributed by atoms with Crippen LogP contribution in [0.3, 0.4) is 0 Å². The molecule has 0 fully saturated rings. The molecule has 1 atom stereocenters. The Morgan fingerprint density at radius 2 is 1.51 bits per heavy atom. The van der Waals surface area contributed by atoms with Gasteiger partial charge in [0.15, 0.2) is 0 Å². The SMILES string of the molecule is CCCCN(Cc1ccc(C(=O)N[C@@H](CCSC)C(=O)O)c(-c2ccccc2C)c1)C1c2ccccc2-c2ccccc21. The summed E-state index contributed by atoms with van der Waals surface area (Å²) < 4.78 is 0. The van der Waals surface area contributed by atoms with Gasteiger partial charge in [0.1, 0.15) is 6.04 Å². The van der Waals surface area contributed by atoms with E-state index in [1.807, 2.05) is 49.6 Å². The molecule has 4 aromatic rings. The Kier molecular flexibility index (Phi) is 10.0. The van der Waals surface area contributed by atoms with Crippen LogP contribution in [0, 0.1) is 6.92 Å². The van der Waals surface area contributed by atoms with Crippen LogP contribution in [0.4, 0.5) is 0 Å². The van der Waals surface area contributed by atoms with Crippen molar-refractivity contribution in [1.29, 1.82) is 0 Å². The third kappa shape index (κ3) is 6.71. The molecule has 1 aliphatic carbocycles. The number of thioether (sulfide) groups is 1. The second kappa shape index (κ2) is 14.1. The number of nitrogens with one attached hydrogen (secondary N) is 1. The van der Waals surface area contributed by atoms with Gasteiger partial charge < -0.3 is 10.4 Å². The number of benzene rings is 4. The molecule has 5 rings (SSSR count). The summed E-state index contributed by atoms with van der Waals surface area (Å²) in [5.74, 6) is -0.720. The van der Waals surface area contributed by atoms with Gasteiger partial charge in [-0.2, -0.15) is 11.8 Å². The molecule has 2 N–H and O–H groups in total. The summed E-state index contributed by atoms with van der Waals surface area (Å²) in [4.78, 5) is 28.1. The lowest BCUT2D eigenvalue weighted by atomic mass is 9.93. The minimum atomic E-state index is -1.01. The van der Waals surface area contributed by atoms with Crippen molar-refractivity contribution in [2.45, 2.75) is 51.7 Å². The minimum Gasteiger partial charge on any atom is -0.480 e. The molecule has 0 spiro atoms. The van der Waals surface area contributed by atoms with Gasteiger partial charge in [0.25, 0.3) is 5.91 Å². The monoisotopic (exact) mass is 592 g/mol. The summed E-state index contributed by atoms with van der Waals surface area (Å²) in [6, 6.07) is 30.7. The number of nitrogens with zero attached hydrogens (tertiary/aromatic N) is 1. The lowest BCUT2D eigenvalue weighted by molar-refractivity contribution is -0.139. The van der Waals surface area contributed by atoms with Crippen LogP contribution in [0.2, 0.25) is 0 Å².